The van der Waals surface area contributed by atoms with Gasteiger partial charge in [0.15, 0.2) is 0 Å². The van der Waals surface area contributed by atoms with Gasteiger partial charge >= 0.3 is 0 Å². The van der Waals surface area contributed by atoms with Gasteiger partial charge in [0, 0.05) is 23.9 Å². The molecule has 0 radical (unpaired) electrons. The highest BCUT2D eigenvalue weighted by Gasteiger charge is 2.25. The van der Waals surface area contributed by atoms with Crippen LogP contribution < -0.4 is 23.8 Å². The molecule has 0 spiro atoms. The van der Waals surface area contributed by atoms with Crippen molar-refractivity contribution in [2.24, 2.45) is 0 Å². The van der Waals surface area contributed by atoms with Gasteiger partial charge in [-0.2, -0.15) is 0 Å². The van der Waals surface area contributed by atoms with Gasteiger partial charge in [-0.3, -0.25) is 23.9 Å². The third-order valence-corrected chi connectivity index (χ3v) is 7.97. The first-order valence-corrected chi connectivity index (χ1v) is 14.5. The molecule has 0 aliphatic heterocycles. The maximum atomic E-state index is 12.9. The summed E-state index contributed by atoms with van der Waals surface area (Å²) >= 11 is 0. The smallest absolute Gasteiger partial charge is 0.271 e. The number of non-ortho nitro benzene ring substituents is 1. The zero-order valence-electron chi connectivity index (χ0n) is 21.4. The molecule has 0 atom stereocenters. The van der Waals surface area contributed by atoms with E-state index in [0.717, 1.165) is 16.6 Å². The first-order chi connectivity index (χ1) is 18.2. The second-order valence-corrected chi connectivity index (χ2v) is 11.8. The van der Waals surface area contributed by atoms with Gasteiger partial charge in [0.25, 0.3) is 15.7 Å². The highest BCUT2D eigenvalue weighted by atomic mass is 32.2. The zero-order valence-corrected chi connectivity index (χ0v) is 23.0. The standard InChI is InChI=1S/C24H26N4O9S2/c1-16-5-8-18(28(30)31)13-22(16)27(38(4,32)33)15-24(29)25-17-6-10-20(11-7-17)39(34,35)26-21-14-19(36-2)9-12-23(21)37-3/h5-14,26H,15H2,1-4H3,(H,25,29). The van der Waals surface area contributed by atoms with Crippen molar-refractivity contribution in [3.8, 4) is 11.5 Å². The average molecular weight is 579 g/mol. The number of aryl methyl sites for hydroxylation is 1. The summed E-state index contributed by atoms with van der Waals surface area (Å²) < 4.78 is 64.2. The summed E-state index contributed by atoms with van der Waals surface area (Å²) in [7, 11) is -5.21. The molecule has 13 nitrogen and oxygen atoms in total. The lowest BCUT2D eigenvalue weighted by Crippen LogP contribution is -2.37. The molecule has 3 aromatic rings. The lowest BCUT2D eigenvalue weighted by molar-refractivity contribution is -0.384. The SMILES string of the molecule is COc1ccc(OC)c(NS(=O)(=O)c2ccc(NC(=O)CN(c3cc([N+](=O)[O-])ccc3C)S(C)(=O)=O)cc2)c1. The number of nitro groups is 1. The Hall–Kier alpha value is -4.37. The summed E-state index contributed by atoms with van der Waals surface area (Å²) in [6, 6.07) is 13.5. The number of amides is 1. The maximum Gasteiger partial charge on any atom is 0.271 e. The molecule has 0 saturated carbocycles. The predicted octanol–water partition coefficient (Wildman–Crippen LogP) is 3.13. The van der Waals surface area contributed by atoms with Crippen molar-refractivity contribution in [2.45, 2.75) is 11.8 Å². The first-order valence-electron chi connectivity index (χ1n) is 11.1. The number of nitrogens with one attached hydrogen (secondary N) is 2. The normalized spacial score (nSPS) is 11.4. The average Bonchev–Trinajstić information content (AvgIpc) is 2.87. The van der Waals surface area contributed by atoms with E-state index >= 15 is 0 Å². The highest BCUT2D eigenvalue weighted by molar-refractivity contribution is 7.92. The van der Waals surface area contributed by atoms with E-state index in [4.69, 9.17) is 9.47 Å². The monoisotopic (exact) mass is 578 g/mol. The van der Waals surface area contributed by atoms with Crippen LogP contribution in [-0.4, -0.2) is 54.7 Å². The van der Waals surface area contributed by atoms with E-state index in [1.165, 1.54) is 56.7 Å². The van der Waals surface area contributed by atoms with Crippen molar-refractivity contribution in [2.75, 3.05) is 41.4 Å². The van der Waals surface area contributed by atoms with Crippen LogP contribution in [0.25, 0.3) is 0 Å². The molecule has 0 fully saturated rings. The molecule has 0 unspecified atom stereocenters. The second-order valence-electron chi connectivity index (χ2n) is 8.24. The number of anilines is 3. The molecule has 0 aromatic heterocycles. The summed E-state index contributed by atoms with van der Waals surface area (Å²) in [6.07, 6.45) is 0.878. The fraction of sp³-hybridized carbons (Fsp3) is 0.208. The topological polar surface area (TPSA) is 174 Å². The molecule has 0 bridgehead atoms. The van der Waals surface area contributed by atoms with Crippen LogP contribution in [-0.2, 0) is 24.8 Å². The number of benzene rings is 3. The van der Waals surface area contributed by atoms with Crippen molar-refractivity contribution >= 4 is 48.7 Å². The Morgan fingerprint density at radius 1 is 0.974 bits per heavy atom. The van der Waals surface area contributed by atoms with Crippen LogP contribution in [0.15, 0.2) is 65.6 Å². The Kier molecular flexibility index (Phi) is 8.66. The summed E-state index contributed by atoms with van der Waals surface area (Å²) in [6.45, 7) is 0.890. The molecule has 208 valence electrons. The highest BCUT2D eigenvalue weighted by Crippen LogP contribution is 2.31. The van der Waals surface area contributed by atoms with E-state index in [0.29, 0.717) is 11.3 Å². The number of hydrogen-bond donors (Lipinski definition) is 2. The van der Waals surface area contributed by atoms with Crippen LogP contribution in [0.2, 0.25) is 0 Å². The van der Waals surface area contributed by atoms with Gasteiger partial charge in [0.2, 0.25) is 15.9 Å². The van der Waals surface area contributed by atoms with Crippen molar-refractivity contribution in [3.05, 3.63) is 76.3 Å². The Bertz CT molecular complexity index is 1610. The fourth-order valence-corrected chi connectivity index (χ4v) is 5.47. The Balaban J connectivity index is 1.78. The number of sulfonamides is 2. The van der Waals surface area contributed by atoms with Gasteiger partial charge in [-0.05, 0) is 48.9 Å². The molecule has 0 aliphatic carbocycles. The molecule has 0 aliphatic rings. The Morgan fingerprint density at radius 3 is 2.21 bits per heavy atom. The number of methoxy groups -OCH3 is 2. The van der Waals surface area contributed by atoms with Crippen molar-refractivity contribution < 1.29 is 36.0 Å². The van der Waals surface area contributed by atoms with E-state index in [-0.39, 0.29) is 33.4 Å². The lowest BCUT2D eigenvalue weighted by atomic mass is 10.2. The third kappa shape index (κ3) is 7.14. The minimum absolute atomic E-state index is 0.0117. The van der Waals surface area contributed by atoms with Gasteiger partial charge in [-0.15, -0.1) is 0 Å². The van der Waals surface area contributed by atoms with Crippen molar-refractivity contribution in [1.82, 2.24) is 0 Å². The molecule has 3 aromatic carbocycles. The van der Waals surface area contributed by atoms with Crippen LogP contribution in [0.5, 0.6) is 11.5 Å². The van der Waals surface area contributed by atoms with Gasteiger partial charge in [-0.25, -0.2) is 16.8 Å². The van der Waals surface area contributed by atoms with Gasteiger partial charge < -0.3 is 14.8 Å². The summed E-state index contributed by atoms with van der Waals surface area (Å²) in [5.41, 5.74) is 0.422. The Labute approximate surface area is 225 Å². The number of rotatable bonds is 11. The van der Waals surface area contributed by atoms with E-state index in [2.05, 4.69) is 10.0 Å². The minimum atomic E-state index is -4.05. The molecule has 2 N–H and O–H groups in total. The number of nitrogens with zero attached hydrogens (tertiary/aromatic N) is 2. The van der Waals surface area contributed by atoms with Gasteiger partial charge in [0.05, 0.1) is 41.7 Å². The van der Waals surface area contributed by atoms with Crippen LogP contribution in [0.3, 0.4) is 0 Å². The van der Waals surface area contributed by atoms with Crippen LogP contribution in [0.4, 0.5) is 22.7 Å². The largest absolute Gasteiger partial charge is 0.497 e. The minimum Gasteiger partial charge on any atom is -0.497 e. The predicted molar refractivity (Wildman–Crippen MR) is 145 cm³/mol. The second kappa shape index (κ2) is 11.6. The first kappa shape index (κ1) is 29.2. The summed E-state index contributed by atoms with van der Waals surface area (Å²) in [5, 5.41) is 13.7. The van der Waals surface area contributed by atoms with E-state index < -0.39 is 37.4 Å². The fourth-order valence-electron chi connectivity index (χ4n) is 3.51. The maximum absolute atomic E-state index is 12.9. The molecule has 39 heavy (non-hydrogen) atoms. The van der Waals surface area contributed by atoms with Gasteiger partial charge in [-0.1, -0.05) is 6.07 Å². The van der Waals surface area contributed by atoms with Crippen LogP contribution in [0.1, 0.15) is 5.56 Å². The number of ether oxygens (including phenoxy) is 2. The molecular formula is C24H26N4O9S2. The molecule has 15 heteroatoms. The number of carbonyl (C=O) groups is 1. The van der Waals surface area contributed by atoms with E-state index in [9.17, 15) is 31.7 Å². The lowest BCUT2D eigenvalue weighted by Gasteiger charge is -2.23. The zero-order chi connectivity index (χ0) is 29.0. The number of carbonyl (C=O) groups excluding carboxylic acids is 1. The molecule has 0 heterocycles. The number of nitro benzene ring substituents is 1. The van der Waals surface area contributed by atoms with Crippen LogP contribution in [0, 0.1) is 17.0 Å². The van der Waals surface area contributed by atoms with E-state index in [1.807, 2.05) is 0 Å². The molecular weight excluding hydrogens is 552 g/mol. The molecule has 1 amide bonds. The summed E-state index contributed by atoms with van der Waals surface area (Å²) in [5.74, 6) is -0.0612. The summed E-state index contributed by atoms with van der Waals surface area (Å²) in [4.78, 5) is 23.1. The quantitative estimate of drug-likeness (QED) is 0.256. The van der Waals surface area contributed by atoms with Crippen LogP contribution >= 0.6 is 0 Å². The molecule has 3 rings (SSSR count). The number of hydrogen-bond acceptors (Lipinski definition) is 9. The van der Waals surface area contributed by atoms with E-state index in [1.54, 1.807) is 19.1 Å². The Morgan fingerprint density at radius 2 is 1.64 bits per heavy atom. The van der Waals surface area contributed by atoms with Crippen molar-refractivity contribution in [1.29, 1.82) is 0 Å². The molecule has 0 saturated heterocycles. The van der Waals surface area contributed by atoms with Gasteiger partial charge in [0.1, 0.15) is 18.0 Å². The van der Waals surface area contributed by atoms with Crippen molar-refractivity contribution in [3.63, 3.8) is 0 Å². The third-order valence-electron chi connectivity index (χ3n) is 5.46.